The highest BCUT2D eigenvalue weighted by molar-refractivity contribution is 5.87. The van der Waals surface area contributed by atoms with Gasteiger partial charge in [-0.2, -0.15) is 13.2 Å². The number of hydrogen-bond donors (Lipinski definition) is 2. The lowest BCUT2D eigenvalue weighted by Gasteiger charge is -2.21. The maximum absolute atomic E-state index is 14.5. The molecule has 1 aliphatic rings. The van der Waals surface area contributed by atoms with Gasteiger partial charge < -0.3 is 10.1 Å². The van der Waals surface area contributed by atoms with Crippen molar-refractivity contribution in [1.82, 2.24) is 5.32 Å². The number of carbonyl (C=O) groups is 2. The van der Waals surface area contributed by atoms with Crippen LogP contribution in [-0.4, -0.2) is 30.3 Å². The van der Waals surface area contributed by atoms with Crippen molar-refractivity contribution in [3.63, 3.8) is 0 Å². The van der Waals surface area contributed by atoms with Gasteiger partial charge in [0, 0.05) is 0 Å². The molecule has 0 aromatic heterocycles. The van der Waals surface area contributed by atoms with Crippen LogP contribution in [0.4, 0.5) is 28.0 Å². The minimum absolute atomic E-state index is 0.0765. The van der Waals surface area contributed by atoms with Crippen molar-refractivity contribution in [2.24, 2.45) is 0 Å². The van der Waals surface area contributed by atoms with Gasteiger partial charge in [0.2, 0.25) is 5.91 Å². The van der Waals surface area contributed by atoms with Crippen LogP contribution in [0.3, 0.4) is 0 Å². The van der Waals surface area contributed by atoms with Gasteiger partial charge in [0.1, 0.15) is 18.0 Å². The molecule has 28 heavy (non-hydrogen) atoms. The highest BCUT2D eigenvalue weighted by atomic mass is 19.4. The van der Waals surface area contributed by atoms with Crippen molar-refractivity contribution in [1.29, 1.82) is 0 Å². The molecule has 2 rings (SSSR count). The summed E-state index contributed by atoms with van der Waals surface area (Å²) in [6.45, 7) is 4.98. The smallest absolute Gasteiger partial charge is 0.412 e. The number of benzene rings is 1. The molecule has 0 radical (unpaired) electrons. The second kappa shape index (κ2) is 7.97. The van der Waals surface area contributed by atoms with Crippen molar-refractivity contribution in [2.75, 3.05) is 11.9 Å². The average molecular weight is 404 g/mol. The fourth-order valence-electron chi connectivity index (χ4n) is 2.72. The summed E-state index contributed by atoms with van der Waals surface area (Å²) in [5, 5.41) is 4.17. The molecular formula is C19H24F4N2O3. The van der Waals surface area contributed by atoms with Crippen LogP contribution in [0.5, 0.6) is 0 Å². The van der Waals surface area contributed by atoms with E-state index in [0.29, 0.717) is 11.1 Å². The molecule has 0 spiro atoms. The number of halogens is 4. The first kappa shape index (κ1) is 22.0. The van der Waals surface area contributed by atoms with Crippen LogP contribution in [0.2, 0.25) is 0 Å². The lowest BCUT2D eigenvalue weighted by atomic mass is 9.91. The quantitative estimate of drug-likeness (QED) is 0.691. The minimum Gasteiger partial charge on any atom is -0.444 e. The van der Waals surface area contributed by atoms with Gasteiger partial charge in [0.25, 0.3) is 0 Å². The molecule has 1 saturated carbocycles. The van der Waals surface area contributed by atoms with E-state index in [2.05, 4.69) is 5.32 Å². The lowest BCUT2D eigenvalue weighted by molar-refractivity contribution is -0.139. The summed E-state index contributed by atoms with van der Waals surface area (Å²) in [5.74, 6) is -2.53. The van der Waals surface area contributed by atoms with E-state index in [1.54, 1.807) is 20.8 Å². The van der Waals surface area contributed by atoms with E-state index in [1.807, 2.05) is 5.32 Å². The normalized spacial score (nSPS) is 15.7. The topological polar surface area (TPSA) is 67.4 Å². The zero-order chi connectivity index (χ0) is 21.3. The van der Waals surface area contributed by atoms with E-state index < -0.39 is 42.1 Å². The molecule has 1 aromatic carbocycles. The van der Waals surface area contributed by atoms with Crippen LogP contribution in [0, 0.1) is 5.82 Å². The molecular weight excluding hydrogens is 380 g/mol. The number of anilines is 1. The zero-order valence-corrected chi connectivity index (χ0v) is 16.2. The summed E-state index contributed by atoms with van der Waals surface area (Å²) in [5.41, 5.74) is 0.101. The Bertz CT molecular complexity index is 753. The maximum Gasteiger partial charge on any atom is 0.412 e. The van der Waals surface area contributed by atoms with Crippen LogP contribution in [-0.2, 0) is 9.53 Å². The summed E-state index contributed by atoms with van der Waals surface area (Å²) < 4.78 is 56.6. The van der Waals surface area contributed by atoms with Crippen molar-refractivity contribution in [3.05, 3.63) is 29.1 Å². The Morgan fingerprint density at radius 2 is 1.82 bits per heavy atom. The summed E-state index contributed by atoms with van der Waals surface area (Å²) in [6.07, 6.45) is -3.71. The molecule has 0 saturated heterocycles. The van der Waals surface area contributed by atoms with Crippen LogP contribution in [0.15, 0.2) is 12.1 Å². The van der Waals surface area contributed by atoms with Gasteiger partial charge in [0.15, 0.2) is 0 Å². The predicted molar refractivity (Wildman–Crippen MR) is 95.7 cm³/mol. The summed E-state index contributed by atoms with van der Waals surface area (Å²) in [4.78, 5) is 24.0. The Morgan fingerprint density at radius 3 is 2.32 bits per heavy atom. The van der Waals surface area contributed by atoms with Crippen molar-refractivity contribution >= 4 is 17.7 Å². The first-order chi connectivity index (χ1) is 12.8. The molecule has 9 heteroatoms. The van der Waals surface area contributed by atoms with Crippen LogP contribution >= 0.6 is 0 Å². The number of alkyl halides is 3. The number of hydrogen-bond acceptors (Lipinski definition) is 3. The second-order valence-electron chi connectivity index (χ2n) is 7.92. The number of carbonyl (C=O) groups excluding carboxylic acids is 2. The van der Waals surface area contributed by atoms with Gasteiger partial charge in [-0.25, -0.2) is 9.18 Å². The highest BCUT2D eigenvalue weighted by Crippen LogP contribution is 2.45. The maximum atomic E-state index is 14.5. The van der Waals surface area contributed by atoms with Crippen LogP contribution < -0.4 is 10.6 Å². The fourth-order valence-corrected chi connectivity index (χ4v) is 2.72. The Balaban J connectivity index is 2.23. The summed E-state index contributed by atoms with van der Waals surface area (Å²) in [7, 11) is 0. The molecule has 1 unspecified atom stereocenters. The van der Waals surface area contributed by atoms with Gasteiger partial charge in [-0.05, 0) is 69.7 Å². The zero-order valence-electron chi connectivity index (χ0n) is 16.2. The Morgan fingerprint density at radius 1 is 1.21 bits per heavy atom. The fraction of sp³-hybridized carbons (Fsp3) is 0.579. The number of amides is 2. The molecule has 0 aliphatic heterocycles. The third-order valence-corrected chi connectivity index (χ3v) is 4.15. The first-order valence-electron chi connectivity index (χ1n) is 8.94. The molecule has 0 heterocycles. The third kappa shape index (κ3) is 6.38. The molecule has 2 N–H and O–H groups in total. The van der Waals surface area contributed by atoms with E-state index in [-0.39, 0.29) is 11.6 Å². The van der Waals surface area contributed by atoms with Gasteiger partial charge in [0.05, 0.1) is 11.6 Å². The summed E-state index contributed by atoms with van der Waals surface area (Å²) in [6, 6.07) is 2.53. The highest BCUT2D eigenvalue weighted by Gasteiger charge is 2.33. The van der Waals surface area contributed by atoms with Gasteiger partial charge in [-0.15, -0.1) is 0 Å². The number of nitrogens with one attached hydrogen (secondary N) is 2. The molecule has 5 nitrogen and oxygen atoms in total. The van der Waals surface area contributed by atoms with Crippen molar-refractivity contribution in [2.45, 2.75) is 64.1 Å². The van der Waals surface area contributed by atoms with E-state index in [1.165, 1.54) is 13.0 Å². The minimum atomic E-state index is -4.53. The Kier molecular flexibility index (Phi) is 6.25. The van der Waals surface area contributed by atoms with E-state index in [9.17, 15) is 27.2 Å². The Hall–Kier alpha value is -2.32. The van der Waals surface area contributed by atoms with Crippen molar-refractivity contribution < 1.29 is 31.9 Å². The SMILES string of the molecule is CC(C(=O)NCC(F)(F)F)c1cc(F)c(NC(=O)OC(C)(C)C)cc1C1CC1. The Labute approximate surface area is 160 Å². The average Bonchev–Trinajstić information content (AvgIpc) is 3.35. The van der Waals surface area contributed by atoms with Gasteiger partial charge in [-0.3, -0.25) is 10.1 Å². The van der Waals surface area contributed by atoms with E-state index in [4.69, 9.17) is 4.74 Å². The molecule has 1 fully saturated rings. The molecule has 1 aromatic rings. The van der Waals surface area contributed by atoms with Crippen LogP contribution in [0.1, 0.15) is 63.5 Å². The second-order valence-corrected chi connectivity index (χ2v) is 7.92. The molecule has 0 bridgehead atoms. The van der Waals surface area contributed by atoms with Gasteiger partial charge >= 0.3 is 12.3 Å². The van der Waals surface area contributed by atoms with Gasteiger partial charge in [-0.1, -0.05) is 0 Å². The standard InChI is InChI=1S/C19H24F4N2O3/c1-10(16(26)24-9-19(21,22)23)12-7-14(20)15(8-13(12)11-5-6-11)25-17(27)28-18(2,3)4/h7-8,10-11H,5-6,9H2,1-4H3,(H,24,26)(H,25,27). The largest absolute Gasteiger partial charge is 0.444 e. The molecule has 2 amide bonds. The molecule has 156 valence electrons. The number of rotatable bonds is 5. The third-order valence-electron chi connectivity index (χ3n) is 4.15. The monoisotopic (exact) mass is 404 g/mol. The lowest BCUT2D eigenvalue weighted by Crippen LogP contribution is -2.36. The van der Waals surface area contributed by atoms with E-state index in [0.717, 1.165) is 18.9 Å². The predicted octanol–water partition coefficient (Wildman–Crippen LogP) is 4.83. The molecule has 1 atom stereocenters. The van der Waals surface area contributed by atoms with Crippen LogP contribution in [0.25, 0.3) is 0 Å². The molecule has 1 aliphatic carbocycles. The first-order valence-corrected chi connectivity index (χ1v) is 8.94. The number of ether oxygens (including phenoxy) is 1. The van der Waals surface area contributed by atoms with E-state index >= 15 is 0 Å². The summed E-state index contributed by atoms with van der Waals surface area (Å²) >= 11 is 0. The van der Waals surface area contributed by atoms with Crippen molar-refractivity contribution in [3.8, 4) is 0 Å².